The first kappa shape index (κ1) is 13.8. The molecular formula is C14H22N4O. The van der Waals surface area contributed by atoms with E-state index in [1.807, 2.05) is 12.1 Å². The Kier molecular flexibility index (Phi) is 4.37. The molecule has 1 saturated carbocycles. The number of hydrogen-bond acceptors (Lipinski definition) is 4. The number of pyridine rings is 1. The molecule has 0 unspecified atom stereocenters. The van der Waals surface area contributed by atoms with Gasteiger partial charge in [0.25, 0.3) is 5.91 Å². The van der Waals surface area contributed by atoms with Crippen LogP contribution >= 0.6 is 0 Å². The molecule has 0 radical (unpaired) electrons. The number of nitrogens with zero attached hydrogens (tertiary/aromatic N) is 2. The molecule has 0 aliphatic heterocycles. The highest BCUT2D eigenvalue weighted by atomic mass is 16.1. The van der Waals surface area contributed by atoms with Crippen molar-refractivity contribution in [1.82, 2.24) is 10.3 Å². The first-order valence-corrected chi connectivity index (χ1v) is 6.78. The first-order valence-electron chi connectivity index (χ1n) is 6.78. The molecule has 1 aromatic rings. The predicted molar refractivity (Wildman–Crippen MR) is 76.3 cm³/mol. The lowest BCUT2D eigenvalue weighted by atomic mass is 9.91. The van der Waals surface area contributed by atoms with Gasteiger partial charge in [0, 0.05) is 38.1 Å². The third-order valence-corrected chi connectivity index (χ3v) is 3.90. The van der Waals surface area contributed by atoms with Crippen LogP contribution in [0.4, 0.5) is 5.69 Å². The number of nitrogens with one attached hydrogen (secondary N) is 1. The smallest absolute Gasteiger partial charge is 0.269 e. The molecule has 19 heavy (non-hydrogen) atoms. The minimum Gasteiger partial charge on any atom is -0.372 e. The van der Waals surface area contributed by atoms with Gasteiger partial charge >= 0.3 is 0 Å². The van der Waals surface area contributed by atoms with Gasteiger partial charge in [-0.1, -0.05) is 0 Å². The molecule has 0 atom stereocenters. The SMILES string of the molecule is CNC(=O)c1cc(N(C)C2CCC(N)CC2)ccn1. The maximum atomic E-state index is 11.6. The van der Waals surface area contributed by atoms with E-state index in [4.69, 9.17) is 5.73 Å². The molecule has 1 amide bonds. The van der Waals surface area contributed by atoms with Gasteiger partial charge in [-0.05, 0) is 37.8 Å². The summed E-state index contributed by atoms with van der Waals surface area (Å²) in [5.41, 5.74) is 7.43. The first-order chi connectivity index (χ1) is 9.11. The van der Waals surface area contributed by atoms with Gasteiger partial charge in [-0.25, -0.2) is 0 Å². The van der Waals surface area contributed by atoms with Crippen molar-refractivity contribution in [2.75, 3.05) is 19.0 Å². The van der Waals surface area contributed by atoms with E-state index in [2.05, 4.69) is 22.2 Å². The summed E-state index contributed by atoms with van der Waals surface area (Å²) in [7, 11) is 3.69. The lowest BCUT2D eigenvalue weighted by molar-refractivity contribution is 0.0958. The summed E-state index contributed by atoms with van der Waals surface area (Å²) in [4.78, 5) is 17.9. The molecule has 0 bridgehead atoms. The summed E-state index contributed by atoms with van der Waals surface area (Å²) >= 11 is 0. The summed E-state index contributed by atoms with van der Waals surface area (Å²) in [6.07, 6.45) is 6.04. The number of carbonyl (C=O) groups excluding carboxylic acids is 1. The van der Waals surface area contributed by atoms with Crippen LogP contribution in [0.5, 0.6) is 0 Å². The molecule has 0 aromatic carbocycles. The van der Waals surface area contributed by atoms with Crippen LogP contribution in [0, 0.1) is 0 Å². The normalized spacial score (nSPS) is 22.9. The minimum atomic E-state index is -0.152. The molecule has 0 saturated heterocycles. The number of hydrogen-bond donors (Lipinski definition) is 2. The maximum Gasteiger partial charge on any atom is 0.269 e. The Morgan fingerprint density at radius 1 is 1.42 bits per heavy atom. The molecule has 2 rings (SSSR count). The second-order valence-electron chi connectivity index (χ2n) is 5.16. The molecule has 104 valence electrons. The van der Waals surface area contributed by atoms with E-state index in [0.717, 1.165) is 31.4 Å². The second-order valence-corrected chi connectivity index (χ2v) is 5.16. The summed E-state index contributed by atoms with van der Waals surface area (Å²) in [6.45, 7) is 0. The summed E-state index contributed by atoms with van der Waals surface area (Å²) < 4.78 is 0. The fourth-order valence-electron chi connectivity index (χ4n) is 2.59. The van der Waals surface area contributed by atoms with Crippen molar-refractivity contribution in [1.29, 1.82) is 0 Å². The summed E-state index contributed by atoms with van der Waals surface area (Å²) in [5, 5.41) is 2.60. The van der Waals surface area contributed by atoms with E-state index >= 15 is 0 Å². The molecule has 5 nitrogen and oxygen atoms in total. The molecule has 1 fully saturated rings. The average molecular weight is 262 g/mol. The quantitative estimate of drug-likeness (QED) is 0.857. The van der Waals surface area contributed by atoms with Crippen LogP contribution in [0.25, 0.3) is 0 Å². The highest BCUT2D eigenvalue weighted by molar-refractivity contribution is 5.92. The fraction of sp³-hybridized carbons (Fsp3) is 0.571. The molecule has 1 heterocycles. The number of carbonyl (C=O) groups is 1. The van der Waals surface area contributed by atoms with Gasteiger partial charge in [0.1, 0.15) is 5.69 Å². The van der Waals surface area contributed by atoms with Crippen molar-refractivity contribution in [3.63, 3.8) is 0 Å². The second kappa shape index (κ2) is 6.02. The molecule has 1 aliphatic carbocycles. The number of aromatic nitrogens is 1. The average Bonchev–Trinajstić information content (AvgIpc) is 2.46. The van der Waals surface area contributed by atoms with Crippen molar-refractivity contribution < 1.29 is 4.79 Å². The Hall–Kier alpha value is -1.62. The van der Waals surface area contributed by atoms with Gasteiger partial charge in [0.05, 0.1) is 0 Å². The largest absolute Gasteiger partial charge is 0.372 e. The van der Waals surface area contributed by atoms with Crippen molar-refractivity contribution in [2.45, 2.75) is 37.8 Å². The van der Waals surface area contributed by atoms with Crippen LogP contribution in [-0.4, -0.2) is 37.1 Å². The standard InChI is InChI=1S/C14H22N4O/c1-16-14(19)13-9-12(7-8-17-13)18(2)11-5-3-10(15)4-6-11/h7-11H,3-6,15H2,1-2H3,(H,16,19). The number of amides is 1. The Balaban J connectivity index is 2.10. The molecule has 5 heteroatoms. The van der Waals surface area contributed by atoms with E-state index < -0.39 is 0 Å². The number of nitrogens with two attached hydrogens (primary N) is 1. The number of rotatable bonds is 3. The van der Waals surface area contributed by atoms with E-state index in [0.29, 0.717) is 17.8 Å². The Labute approximate surface area is 114 Å². The molecule has 1 aliphatic rings. The van der Waals surface area contributed by atoms with Gasteiger partial charge < -0.3 is 16.0 Å². The third-order valence-electron chi connectivity index (χ3n) is 3.90. The zero-order valence-corrected chi connectivity index (χ0v) is 11.6. The van der Waals surface area contributed by atoms with E-state index in [-0.39, 0.29) is 5.91 Å². The Morgan fingerprint density at radius 3 is 2.74 bits per heavy atom. The van der Waals surface area contributed by atoms with Gasteiger partial charge in [-0.2, -0.15) is 0 Å². The van der Waals surface area contributed by atoms with Gasteiger partial charge in [0.2, 0.25) is 0 Å². The highest BCUT2D eigenvalue weighted by Gasteiger charge is 2.22. The van der Waals surface area contributed by atoms with Crippen LogP contribution in [-0.2, 0) is 0 Å². The summed E-state index contributed by atoms with van der Waals surface area (Å²) in [5.74, 6) is -0.152. The van der Waals surface area contributed by atoms with E-state index in [1.165, 1.54) is 0 Å². The Bertz CT molecular complexity index is 441. The van der Waals surface area contributed by atoms with Gasteiger partial charge in [-0.15, -0.1) is 0 Å². The predicted octanol–water partition coefficient (Wildman–Crippen LogP) is 1.15. The fourth-order valence-corrected chi connectivity index (χ4v) is 2.59. The maximum absolute atomic E-state index is 11.6. The zero-order valence-electron chi connectivity index (χ0n) is 11.6. The van der Waals surface area contributed by atoms with Crippen molar-refractivity contribution >= 4 is 11.6 Å². The van der Waals surface area contributed by atoms with Crippen LogP contribution in [0.2, 0.25) is 0 Å². The van der Waals surface area contributed by atoms with Gasteiger partial charge in [0.15, 0.2) is 0 Å². The topological polar surface area (TPSA) is 71.2 Å². The van der Waals surface area contributed by atoms with E-state index in [9.17, 15) is 4.79 Å². The lowest BCUT2D eigenvalue weighted by Gasteiger charge is -2.35. The van der Waals surface area contributed by atoms with Crippen LogP contribution in [0.15, 0.2) is 18.3 Å². The van der Waals surface area contributed by atoms with Crippen LogP contribution < -0.4 is 16.0 Å². The van der Waals surface area contributed by atoms with Crippen molar-refractivity contribution in [2.24, 2.45) is 5.73 Å². The molecule has 3 N–H and O–H groups in total. The lowest BCUT2D eigenvalue weighted by Crippen LogP contribution is -2.38. The minimum absolute atomic E-state index is 0.152. The molecule has 0 spiro atoms. The van der Waals surface area contributed by atoms with Crippen LogP contribution in [0.3, 0.4) is 0 Å². The monoisotopic (exact) mass is 262 g/mol. The number of anilines is 1. The third kappa shape index (κ3) is 3.23. The van der Waals surface area contributed by atoms with Gasteiger partial charge in [-0.3, -0.25) is 9.78 Å². The Morgan fingerprint density at radius 2 is 2.11 bits per heavy atom. The van der Waals surface area contributed by atoms with Crippen molar-refractivity contribution in [3.8, 4) is 0 Å². The highest BCUT2D eigenvalue weighted by Crippen LogP contribution is 2.25. The van der Waals surface area contributed by atoms with Crippen molar-refractivity contribution in [3.05, 3.63) is 24.0 Å². The summed E-state index contributed by atoms with van der Waals surface area (Å²) in [6, 6.07) is 4.64. The van der Waals surface area contributed by atoms with Crippen LogP contribution in [0.1, 0.15) is 36.2 Å². The molecular weight excluding hydrogens is 240 g/mol. The molecule has 1 aromatic heterocycles. The zero-order chi connectivity index (χ0) is 13.8. The van der Waals surface area contributed by atoms with E-state index in [1.54, 1.807) is 13.2 Å².